The van der Waals surface area contributed by atoms with Crippen molar-refractivity contribution >= 4 is 26.0 Å². The van der Waals surface area contributed by atoms with Crippen LogP contribution in [0, 0.1) is 5.92 Å². The van der Waals surface area contributed by atoms with Gasteiger partial charge in [-0.15, -0.1) is 0 Å². The summed E-state index contributed by atoms with van der Waals surface area (Å²) < 4.78 is 59.5. The van der Waals surface area contributed by atoms with Crippen molar-refractivity contribution in [3.05, 3.63) is 54.1 Å². The van der Waals surface area contributed by atoms with Crippen molar-refractivity contribution in [2.45, 2.75) is 48.9 Å². The number of amides is 1. The van der Waals surface area contributed by atoms with Gasteiger partial charge in [-0.25, -0.2) is 16.8 Å². The van der Waals surface area contributed by atoms with Gasteiger partial charge in [-0.05, 0) is 74.6 Å². The molecule has 2 aromatic carbocycles. The third kappa shape index (κ3) is 5.91. The number of hydrogen-bond acceptors (Lipinski definition) is 6. The van der Waals surface area contributed by atoms with Crippen molar-refractivity contribution in [3.63, 3.8) is 0 Å². The molecule has 4 rings (SSSR count). The van der Waals surface area contributed by atoms with Crippen LogP contribution in [0.5, 0.6) is 5.75 Å². The number of ether oxygens (including phenoxy) is 1. The van der Waals surface area contributed by atoms with Gasteiger partial charge in [0.2, 0.25) is 26.0 Å². The second-order valence-electron chi connectivity index (χ2n) is 9.06. The number of hydrogen-bond donors (Lipinski definition) is 1. The lowest BCUT2D eigenvalue weighted by molar-refractivity contribution is -0.126. The maximum Gasteiger partial charge on any atom is 0.243 e. The van der Waals surface area contributed by atoms with E-state index in [0.717, 1.165) is 18.4 Å². The minimum atomic E-state index is -3.63. The molecule has 0 atom stereocenters. The lowest BCUT2D eigenvalue weighted by atomic mass is 9.97. The molecule has 1 N–H and O–H groups in total. The highest BCUT2D eigenvalue weighted by Gasteiger charge is 2.32. The Bertz CT molecular complexity index is 1250. The lowest BCUT2D eigenvalue weighted by Gasteiger charge is -2.30. The maximum absolute atomic E-state index is 13.0. The van der Waals surface area contributed by atoms with Crippen LogP contribution in [0.2, 0.25) is 0 Å². The summed E-state index contributed by atoms with van der Waals surface area (Å²) in [5.74, 6) is 0.225. The molecule has 1 amide bonds. The van der Waals surface area contributed by atoms with Crippen molar-refractivity contribution < 1.29 is 26.4 Å². The van der Waals surface area contributed by atoms with E-state index >= 15 is 0 Å². The van der Waals surface area contributed by atoms with Crippen LogP contribution in [0.15, 0.2) is 58.3 Å². The Kier molecular flexibility index (Phi) is 8.34. The van der Waals surface area contributed by atoms with Gasteiger partial charge < -0.3 is 10.1 Å². The predicted octanol–water partition coefficient (Wildman–Crippen LogP) is 2.59. The summed E-state index contributed by atoms with van der Waals surface area (Å²) in [5, 5.41) is 2.90. The van der Waals surface area contributed by atoms with Crippen molar-refractivity contribution in [3.8, 4) is 5.75 Å². The summed E-state index contributed by atoms with van der Waals surface area (Å²) >= 11 is 0. The zero-order valence-electron chi connectivity index (χ0n) is 20.4. The molecule has 0 radical (unpaired) electrons. The molecule has 0 saturated carbocycles. The van der Waals surface area contributed by atoms with E-state index in [1.165, 1.54) is 8.61 Å². The number of sulfonamides is 2. The Morgan fingerprint density at radius 2 is 1.33 bits per heavy atom. The minimum Gasteiger partial charge on any atom is -0.494 e. The topological polar surface area (TPSA) is 113 Å². The van der Waals surface area contributed by atoms with Gasteiger partial charge in [-0.1, -0.05) is 12.1 Å². The molecule has 2 heterocycles. The van der Waals surface area contributed by atoms with Crippen molar-refractivity contribution in [1.82, 2.24) is 13.9 Å². The van der Waals surface area contributed by atoms with Crippen LogP contribution in [-0.2, 0) is 31.4 Å². The standard InChI is InChI=1S/C25H33N3O6S2/c1-2-34-22-7-11-24(12-8-22)36(32,33)28-17-13-21(14-18-28)25(29)26-19-20-5-9-23(10-6-20)35(30,31)27-15-3-4-16-27/h5-12,21H,2-4,13-19H2,1H3,(H,26,29). The second-order valence-corrected chi connectivity index (χ2v) is 12.9. The fourth-order valence-corrected chi connectivity index (χ4v) is 7.56. The first kappa shape index (κ1) is 26.6. The smallest absolute Gasteiger partial charge is 0.243 e. The number of carbonyl (C=O) groups is 1. The van der Waals surface area contributed by atoms with E-state index in [1.54, 1.807) is 48.5 Å². The van der Waals surface area contributed by atoms with E-state index < -0.39 is 20.0 Å². The summed E-state index contributed by atoms with van der Waals surface area (Å²) in [7, 11) is -7.09. The molecule has 0 unspecified atom stereocenters. The summed E-state index contributed by atoms with van der Waals surface area (Å²) in [4.78, 5) is 13.2. The third-order valence-electron chi connectivity index (χ3n) is 6.69. The Morgan fingerprint density at radius 1 is 0.833 bits per heavy atom. The van der Waals surface area contributed by atoms with E-state index in [4.69, 9.17) is 4.74 Å². The molecule has 196 valence electrons. The molecule has 2 saturated heterocycles. The van der Waals surface area contributed by atoms with E-state index in [-0.39, 0.29) is 41.3 Å². The first-order valence-electron chi connectivity index (χ1n) is 12.3. The van der Waals surface area contributed by atoms with Crippen molar-refractivity contribution in [1.29, 1.82) is 0 Å². The average molecular weight is 536 g/mol. The summed E-state index contributed by atoms with van der Waals surface area (Å²) in [5.41, 5.74) is 0.805. The van der Waals surface area contributed by atoms with Gasteiger partial charge in [0.1, 0.15) is 5.75 Å². The normalized spacial score (nSPS) is 18.2. The van der Waals surface area contributed by atoms with Crippen molar-refractivity contribution in [2.24, 2.45) is 5.92 Å². The first-order valence-corrected chi connectivity index (χ1v) is 15.2. The molecule has 11 heteroatoms. The van der Waals surface area contributed by atoms with E-state index in [9.17, 15) is 21.6 Å². The number of nitrogens with one attached hydrogen (secondary N) is 1. The van der Waals surface area contributed by atoms with Gasteiger partial charge in [-0.2, -0.15) is 8.61 Å². The monoisotopic (exact) mass is 535 g/mol. The third-order valence-corrected chi connectivity index (χ3v) is 10.5. The lowest BCUT2D eigenvalue weighted by Crippen LogP contribution is -2.42. The SMILES string of the molecule is CCOc1ccc(S(=O)(=O)N2CCC(C(=O)NCc3ccc(S(=O)(=O)N4CCCC4)cc3)CC2)cc1. The second kappa shape index (κ2) is 11.3. The molecule has 36 heavy (non-hydrogen) atoms. The number of carbonyl (C=O) groups excluding carboxylic acids is 1. The number of nitrogens with zero attached hydrogens (tertiary/aromatic N) is 2. The predicted molar refractivity (Wildman–Crippen MR) is 135 cm³/mol. The van der Waals surface area contributed by atoms with E-state index in [0.29, 0.717) is 38.3 Å². The molecule has 2 aliphatic rings. The van der Waals surface area contributed by atoms with Crippen LogP contribution < -0.4 is 10.1 Å². The summed E-state index contributed by atoms with van der Waals surface area (Å²) in [6, 6.07) is 13.0. The molecule has 2 aliphatic heterocycles. The molecule has 2 aromatic rings. The van der Waals surface area contributed by atoms with Crippen LogP contribution >= 0.6 is 0 Å². The maximum atomic E-state index is 13.0. The summed E-state index contributed by atoms with van der Waals surface area (Å²) in [6.45, 7) is 4.32. The average Bonchev–Trinajstić information content (AvgIpc) is 3.44. The van der Waals surface area contributed by atoms with Gasteiger partial charge in [0.05, 0.1) is 16.4 Å². The van der Waals surface area contributed by atoms with Gasteiger partial charge in [0, 0.05) is 38.6 Å². The van der Waals surface area contributed by atoms with Gasteiger partial charge in [-0.3, -0.25) is 4.79 Å². The van der Waals surface area contributed by atoms with Crippen LogP contribution in [0.25, 0.3) is 0 Å². The number of rotatable bonds is 9. The Morgan fingerprint density at radius 3 is 1.86 bits per heavy atom. The van der Waals surface area contributed by atoms with E-state index in [1.807, 2.05) is 6.92 Å². The molecule has 0 aliphatic carbocycles. The fourth-order valence-electron chi connectivity index (χ4n) is 4.57. The highest BCUT2D eigenvalue weighted by atomic mass is 32.2. The highest BCUT2D eigenvalue weighted by Crippen LogP contribution is 2.26. The van der Waals surface area contributed by atoms with Gasteiger partial charge >= 0.3 is 0 Å². The summed E-state index contributed by atoms with van der Waals surface area (Å²) in [6.07, 6.45) is 2.65. The molecule has 0 spiro atoms. The van der Waals surface area contributed by atoms with Crippen LogP contribution in [0.4, 0.5) is 0 Å². The molecular formula is C25H33N3O6S2. The zero-order chi connectivity index (χ0) is 25.8. The Labute approximate surface area is 213 Å². The van der Waals surface area contributed by atoms with Crippen LogP contribution in [0.3, 0.4) is 0 Å². The fraction of sp³-hybridized carbons (Fsp3) is 0.480. The highest BCUT2D eigenvalue weighted by molar-refractivity contribution is 7.89. The molecule has 0 aromatic heterocycles. The molecule has 0 bridgehead atoms. The number of benzene rings is 2. The molecule has 2 fully saturated rings. The first-order chi connectivity index (χ1) is 17.2. The van der Waals surface area contributed by atoms with Gasteiger partial charge in [0.25, 0.3) is 0 Å². The zero-order valence-corrected chi connectivity index (χ0v) is 22.1. The van der Waals surface area contributed by atoms with Crippen LogP contribution in [0.1, 0.15) is 38.2 Å². The van der Waals surface area contributed by atoms with Crippen molar-refractivity contribution in [2.75, 3.05) is 32.8 Å². The molecule has 9 nitrogen and oxygen atoms in total. The van der Waals surface area contributed by atoms with Crippen LogP contribution in [-0.4, -0.2) is 64.1 Å². The Hall–Kier alpha value is -2.47. The molecular weight excluding hydrogens is 502 g/mol. The Balaban J connectivity index is 1.27. The minimum absolute atomic E-state index is 0.123. The quantitative estimate of drug-likeness (QED) is 0.528. The number of piperidine rings is 1. The largest absolute Gasteiger partial charge is 0.494 e. The van der Waals surface area contributed by atoms with Gasteiger partial charge in [0.15, 0.2) is 0 Å². The van der Waals surface area contributed by atoms with E-state index in [2.05, 4.69) is 5.32 Å².